The van der Waals surface area contributed by atoms with E-state index in [0.29, 0.717) is 11.3 Å². The highest BCUT2D eigenvalue weighted by atomic mass is 32.2. The van der Waals surface area contributed by atoms with E-state index in [1.165, 1.54) is 18.3 Å². The number of hydrogen-bond acceptors (Lipinski definition) is 5. The smallest absolute Gasteiger partial charge is 0.335 e. The van der Waals surface area contributed by atoms with E-state index in [1.54, 1.807) is 45.0 Å². The Hall–Kier alpha value is -2.74. The summed E-state index contributed by atoms with van der Waals surface area (Å²) in [5.41, 5.74) is 0.858. The number of pyridine rings is 1. The first-order valence-electron chi connectivity index (χ1n) is 7.81. The molecule has 0 aliphatic rings. The fourth-order valence-corrected chi connectivity index (χ4v) is 3.11. The molecule has 0 radical (unpaired) electrons. The summed E-state index contributed by atoms with van der Waals surface area (Å²) in [7, 11) is -3.35. The Labute approximate surface area is 152 Å². The van der Waals surface area contributed by atoms with Crippen molar-refractivity contribution in [3.8, 4) is 0 Å². The van der Waals surface area contributed by atoms with Crippen molar-refractivity contribution < 1.29 is 23.1 Å². The molecule has 2 aromatic rings. The van der Waals surface area contributed by atoms with E-state index in [0.717, 1.165) is 0 Å². The van der Waals surface area contributed by atoms with Crippen LogP contribution in [0.5, 0.6) is 0 Å². The highest BCUT2D eigenvalue weighted by Crippen LogP contribution is 2.22. The molecule has 138 valence electrons. The van der Waals surface area contributed by atoms with Gasteiger partial charge in [-0.1, -0.05) is 12.1 Å². The lowest BCUT2D eigenvalue weighted by Crippen LogP contribution is -2.29. The van der Waals surface area contributed by atoms with Gasteiger partial charge in [0.25, 0.3) is 5.91 Å². The monoisotopic (exact) mass is 376 g/mol. The van der Waals surface area contributed by atoms with E-state index in [1.807, 2.05) is 0 Å². The topological polar surface area (TPSA) is 113 Å². The molecule has 0 spiro atoms. The van der Waals surface area contributed by atoms with Crippen molar-refractivity contribution in [2.75, 3.05) is 5.32 Å². The van der Waals surface area contributed by atoms with Gasteiger partial charge in [0.15, 0.2) is 9.84 Å². The molecule has 7 nitrogen and oxygen atoms in total. The van der Waals surface area contributed by atoms with Gasteiger partial charge in [-0.25, -0.2) is 13.2 Å². The predicted octanol–water partition coefficient (Wildman–Crippen LogP) is 2.75. The zero-order valence-corrected chi connectivity index (χ0v) is 15.5. The summed E-state index contributed by atoms with van der Waals surface area (Å²) in [5.74, 6) is -1.88. The summed E-state index contributed by atoms with van der Waals surface area (Å²) < 4.78 is 23.8. The van der Waals surface area contributed by atoms with Gasteiger partial charge in [-0.3, -0.25) is 9.78 Å². The van der Waals surface area contributed by atoms with Crippen molar-refractivity contribution in [3.63, 3.8) is 0 Å². The molecule has 1 amide bonds. The number of anilines is 1. The fraction of sp³-hybridized carbons (Fsp3) is 0.278. The third-order valence-electron chi connectivity index (χ3n) is 3.71. The predicted molar refractivity (Wildman–Crippen MR) is 98.0 cm³/mol. The summed E-state index contributed by atoms with van der Waals surface area (Å²) >= 11 is 0. The largest absolute Gasteiger partial charge is 0.478 e. The number of carbonyl (C=O) groups is 2. The Morgan fingerprint density at radius 1 is 1.15 bits per heavy atom. The molecule has 0 bridgehead atoms. The van der Waals surface area contributed by atoms with Crippen LogP contribution in [0.3, 0.4) is 0 Å². The molecular formula is C18H20N2O5S. The number of hydrogen-bond donors (Lipinski definition) is 2. The van der Waals surface area contributed by atoms with Crippen LogP contribution in [0.2, 0.25) is 0 Å². The molecule has 0 fully saturated rings. The highest BCUT2D eigenvalue weighted by molar-refractivity contribution is 7.91. The van der Waals surface area contributed by atoms with Gasteiger partial charge >= 0.3 is 5.97 Å². The number of nitrogens with zero attached hydrogens (tertiary/aromatic N) is 1. The normalized spacial score (nSPS) is 11.8. The Morgan fingerprint density at radius 3 is 2.46 bits per heavy atom. The molecule has 1 aromatic heterocycles. The van der Waals surface area contributed by atoms with Crippen LogP contribution in [0.15, 0.2) is 42.6 Å². The molecule has 8 heteroatoms. The first-order valence-corrected chi connectivity index (χ1v) is 9.47. The van der Waals surface area contributed by atoms with Gasteiger partial charge in [-0.2, -0.15) is 0 Å². The van der Waals surface area contributed by atoms with Gasteiger partial charge in [-0.15, -0.1) is 0 Å². The minimum absolute atomic E-state index is 0.0439. The van der Waals surface area contributed by atoms with E-state index in [4.69, 9.17) is 5.11 Å². The van der Waals surface area contributed by atoms with Gasteiger partial charge in [0.1, 0.15) is 5.69 Å². The van der Waals surface area contributed by atoms with Crippen LogP contribution in [-0.4, -0.2) is 35.1 Å². The number of amides is 1. The summed E-state index contributed by atoms with van der Waals surface area (Å²) in [6, 6.07) is 8.96. The SMILES string of the molecule is CC(C)(C)S(=O)(=O)Cc1cccc(NC(=O)c2cc(C(=O)O)ccn2)c1. The lowest BCUT2D eigenvalue weighted by Gasteiger charge is -2.19. The van der Waals surface area contributed by atoms with Crippen molar-refractivity contribution in [1.82, 2.24) is 4.98 Å². The Bertz CT molecular complexity index is 946. The number of aromatic carboxylic acids is 1. The number of carboxylic acid groups (broad SMARTS) is 1. The molecular weight excluding hydrogens is 356 g/mol. The average Bonchev–Trinajstić information content (AvgIpc) is 2.53. The van der Waals surface area contributed by atoms with Crippen LogP contribution in [0, 0.1) is 0 Å². The van der Waals surface area contributed by atoms with Gasteiger partial charge in [0.2, 0.25) is 0 Å². The van der Waals surface area contributed by atoms with Crippen LogP contribution in [0.1, 0.15) is 47.2 Å². The van der Waals surface area contributed by atoms with Gasteiger partial charge < -0.3 is 10.4 Å². The minimum atomic E-state index is -3.35. The summed E-state index contributed by atoms with van der Waals surface area (Å²) in [4.78, 5) is 27.1. The second-order valence-corrected chi connectivity index (χ2v) is 9.50. The van der Waals surface area contributed by atoms with Crippen LogP contribution >= 0.6 is 0 Å². The standard InChI is InChI=1S/C18H20N2O5S/c1-18(2,3)26(24,25)11-12-5-4-6-14(9-12)20-16(21)15-10-13(17(22)23)7-8-19-15/h4-10H,11H2,1-3H3,(H,20,21)(H,22,23). The number of aromatic nitrogens is 1. The Balaban J connectivity index is 2.20. The van der Waals surface area contributed by atoms with E-state index in [-0.39, 0.29) is 17.0 Å². The molecule has 2 rings (SSSR count). The zero-order chi connectivity index (χ0) is 19.5. The summed E-state index contributed by atoms with van der Waals surface area (Å²) in [5, 5.41) is 11.6. The van der Waals surface area contributed by atoms with Crippen molar-refractivity contribution in [2.45, 2.75) is 31.3 Å². The van der Waals surface area contributed by atoms with Crippen LogP contribution in [-0.2, 0) is 15.6 Å². The molecule has 2 N–H and O–H groups in total. The molecule has 0 saturated heterocycles. The zero-order valence-electron chi connectivity index (χ0n) is 14.7. The summed E-state index contributed by atoms with van der Waals surface area (Å²) in [6.07, 6.45) is 1.24. The Kier molecular flexibility index (Phi) is 5.46. The second-order valence-electron chi connectivity index (χ2n) is 6.76. The lowest BCUT2D eigenvalue weighted by molar-refractivity contribution is 0.0696. The van der Waals surface area contributed by atoms with Gasteiger partial charge in [-0.05, 0) is 50.6 Å². The van der Waals surface area contributed by atoms with Crippen molar-refractivity contribution in [1.29, 1.82) is 0 Å². The van der Waals surface area contributed by atoms with Crippen molar-refractivity contribution in [2.24, 2.45) is 0 Å². The number of nitrogens with one attached hydrogen (secondary N) is 1. The average molecular weight is 376 g/mol. The maximum absolute atomic E-state index is 12.3. The van der Waals surface area contributed by atoms with E-state index in [9.17, 15) is 18.0 Å². The van der Waals surface area contributed by atoms with E-state index >= 15 is 0 Å². The molecule has 1 aromatic carbocycles. The lowest BCUT2D eigenvalue weighted by atomic mass is 10.2. The third-order valence-corrected chi connectivity index (χ3v) is 6.29. The quantitative estimate of drug-likeness (QED) is 0.829. The molecule has 0 unspecified atom stereocenters. The van der Waals surface area contributed by atoms with Crippen LogP contribution in [0.4, 0.5) is 5.69 Å². The van der Waals surface area contributed by atoms with Crippen LogP contribution in [0.25, 0.3) is 0 Å². The second kappa shape index (κ2) is 7.25. The maximum atomic E-state index is 12.3. The maximum Gasteiger partial charge on any atom is 0.335 e. The first-order chi connectivity index (χ1) is 12.0. The van der Waals surface area contributed by atoms with Crippen molar-refractivity contribution >= 4 is 27.4 Å². The molecule has 26 heavy (non-hydrogen) atoms. The van der Waals surface area contributed by atoms with Crippen LogP contribution < -0.4 is 5.32 Å². The minimum Gasteiger partial charge on any atom is -0.478 e. The molecule has 0 atom stereocenters. The molecule has 0 aliphatic heterocycles. The van der Waals surface area contributed by atoms with Crippen molar-refractivity contribution in [3.05, 3.63) is 59.4 Å². The Morgan fingerprint density at radius 2 is 1.85 bits per heavy atom. The molecule has 0 saturated carbocycles. The van der Waals surface area contributed by atoms with E-state index in [2.05, 4.69) is 10.3 Å². The van der Waals surface area contributed by atoms with Gasteiger partial charge in [0, 0.05) is 11.9 Å². The molecule has 1 heterocycles. The third kappa shape index (κ3) is 4.66. The number of benzene rings is 1. The fourth-order valence-electron chi connectivity index (χ4n) is 2.06. The number of carboxylic acids is 1. The number of rotatable bonds is 5. The van der Waals surface area contributed by atoms with Gasteiger partial charge in [0.05, 0.1) is 16.1 Å². The molecule has 0 aliphatic carbocycles. The number of sulfone groups is 1. The highest BCUT2D eigenvalue weighted by Gasteiger charge is 2.29. The summed E-state index contributed by atoms with van der Waals surface area (Å²) in [6.45, 7) is 4.90. The van der Waals surface area contributed by atoms with E-state index < -0.39 is 26.5 Å². The first kappa shape index (κ1) is 19.6. The number of carbonyl (C=O) groups excluding carboxylic acids is 1.